The molecule has 1 aromatic rings. The highest BCUT2D eigenvalue weighted by molar-refractivity contribution is 7.89. The third kappa shape index (κ3) is 4.01. The van der Waals surface area contributed by atoms with E-state index in [-0.39, 0.29) is 9.88 Å². The summed E-state index contributed by atoms with van der Waals surface area (Å²) in [5, 5.41) is 0. The summed E-state index contributed by atoms with van der Waals surface area (Å²) in [6, 6.07) is 4.82. The van der Waals surface area contributed by atoms with Crippen LogP contribution >= 0.6 is 12.2 Å². The van der Waals surface area contributed by atoms with Crippen LogP contribution in [0.3, 0.4) is 0 Å². The molecule has 1 aliphatic rings. The average Bonchev–Trinajstić information content (AvgIpc) is 3.18. The van der Waals surface area contributed by atoms with Crippen molar-refractivity contribution >= 4 is 27.2 Å². The Balaban J connectivity index is 2.00. The van der Waals surface area contributed by atoms with E-state index in [4.69, 9.17) is 18.0 Å². The van der Waals surface area contributed by atoms with Crippen molar-refractivity contribution in [3.05, 3.63) is 29.3 Å². The molecule has 1 aromatic carbocycles. The fourth-order valence-corrected chi connectivity index (χ4v) is 3.55. The first kappa shape index (κ1) is 15.4. The summed E-state index contributed by atoms with van der Waals surface area (Å²) >= 11 is 4.91. The van der Waals surface area contributed by atoms with Crippen LogP contribution in [0.5, 0.6) is 0 Å². The Bertz CT molecular complexity index is 608. The smallest absolute Gasteiger partial charge is 0.240 e. The van der Waals surface area contributed by atoms with E-state index >= 15 is 0 Å². The number of benzene rings is 1. The maximum atomic E-state index is 12.2. The van der Waals surface area contributed by atoms with Gasteiger partial charge in [0.25, 0.3) is 0 Å². The van der Waals surface area contributed by atoms with E-state index in [1.54, 1.807) is 25.1 Å². The van der Waals surface area contributed by atoms with Gasteiger partial charge in [-0.25, -0.2) is 13.1 Å². The second kappa shape index (κ2) is 6.20. The minimum absolute atomic E-state index is 0.265. The third-order valence-corrected chi connectivity index (χ3v) is 5.23. The predicted molar refractivity (Wildman–Crippen MR) is 84.2 cm³/mol. The molecule has 0 bridgehead atoms. The van der Waals surface area contributed by atoms with Gasteiger partial charge in [0.15, 0.2) is 0 Å². The lowest BCUT2D eigenvalue weighted by Crippen LogP contribution is -2.25. The van der Waals surface area contributed by atoms with Crippen LogP contribution in [0.25, 0.3) is 0 Å². The van der Waals surface area contributed by atoms with Gasteiger partial charge in [-0.3, -0.25) is 0 Å². The first-order chi connectivity index (χ1) is 9.40. The number of nitrogens with one attached hydrogen (secondary N) is 1. The van der Waals surface area contributed by atoms with Crippen molar-refractivity contribution in [1.82, 2.24) is 4.72 Å². The number of nitrogens with two attached hydrogens (primary N) is 1. The Morgan fingerprint density at radius 3 is 2.70 bits per heavy atom. The van der Waals surface area contributed by atoms with E-state index in [0.29, 0.717) is 12.1 Å². The SMILES string of the molecule is Cc1cc(S(=O)(=O)NCCCC2CC2)ccc1C(N)=S. The van der Waals surface area contributed by atoms with E-state index < -0.39 is 10.0 Å². The fourth-order valence-electron chi connectivity index (χ4n) is 2.17. The second-order valence-electron chi connectivity index (χ2n) is 5.32. The summed E-state index contributed by atoms with van der Waals surface area (Å²) in [5.74, 6) is 0.826. The predicted octanol–water partition coefficient (Wildman–Crippen LogP) is 2.10. The lowest BCUT2D eigenvalue weighted by molar-refractivity contribution is 0.572. The molecule has 0 heterocycles. The van der Waals surface area contributed by atoms with Crippen LogP contribution < -0.4 is 10.5 Å². The van der Waals surface area contributed by atoms with Crippen LogP contribution in [-0.2, 0) is 10.0 Å². The number of hydrogen-bond acceptors (Lipinski definition) is 3. The van der Waals surface area contributed by atoms with Crippen molar-refractivity contribution in [2.45, 2.75) is 37.5 Å². The summed E-state index contributed by atoms with van der Waals surface area (Å²) < 4.78 is 26.9. The zero-order chi connectivity index (χ0) is 14.8. The van der Waals surface area contributed by atoms with Gasteiger partial charge in [-0.15, -0.1) is 0 Å². The number of sulfonamides is 1. The van der Waals surface area contributed by atoms with Crippen LogP contribution in [0, 0.1) is 12.8 Å². The molecule has 0 spiro atoms. The first-order valence-electron chi connectivity index (χ1n) is 6.80. The highest BCUT2D eigenvalue weighted by atomic mass is 32.2. The van der Waals surface area contributed by atoms with Crippen LogP contribution in [0.1, 0.15) is 36.8 Å². The van der Waals surface area contributed by atoms with Crippen molar-refractivity contribution in [2.24, 2.45) is 11.7 Å². The van der Waals surface area contributed by atoms with Crippen LogP contribution in [0.2, 0.25) is 0 Å². The topological polar surface area (TPSA) is 72.2 Å². The van der Waals surface area contributed by atoms with Gasteiger partial charge in [0.2, 0.25) is 10.0 Å². The molecule has 0 aliphatic heterocycles. The highest BCUT2D eigenvalue weighted by Gasteiger charge is 2.21. The molecule has 20 heavy (non-hydrogen) atoms. The van der Waals surface area contributed by atoms with Gasteiger partial charge in [0, 0.05) is 12.1 Å². The molecular weight excluding hydrogens is 292 g/mol. The quantitative estimate of drug-likeness (QED) is 0.597. The molecule has 2 rings (SSSR count). The Labute approximate surface area is 125 Å². The number of hydrogen-bond donors (Lipinski definition) is 2. The molecule has 0 amide bonds. The Morgan fingerprint density at radius 2 is 2.15 bits per heavy atom. The zero-order valence-corrected chi connectivity index (χ0v) is 13.2. The molecule has 0 unspecified atom stereocenters. The molecule has 110 valence electrons. The molecule has 0 radical (unpaired) electrons. The van der Waals surface area contributed by atoms with Crippen molar-refractivity contribution in [3.63, 3.8) is 0 Å². The monoisotopic (exact) mass is 312 g/mol. The first-order valence-corrected chi connectivity index (χ1v) is 8.69. The van der Waals surface area contributed by atoms with Gasteiger partial charge in [0.1, 0.15) is 4.99 Å². The standard InChI is InChI=1S/C14H20N2O2S2/c1-10-9-12(6-7-13(10)14(15)19)20(17,18)16-8-2-3-11-4-5-11/h6-7,9,11,16H,2-5,8H2,1H3,(H2,15,19). The van der Waals surface area contributed by atoms with Gasteiger partial charge < -0.3 is 5.73 Å². The van der Waals surface area contributed by atoms with E-state index in [9.17, 15) is 8.42 Å². The normalized spacial score (nSPS) is 15.2. The maximum Gasteiger partial charge on any atom is 0.240 e. The molecule has 0 atom stereocenters. The van der Waals surface area contributed by atoms with Gasteiger partial charge in [0.05, 0.1) is 4.90 Å². The molecule has 4 nitrogen and oxygen atoms in total. The van der Waals surface area contributed by atoms with Gasteiger partial charge in [-0.1, -0.05) is 31.1 Å². The summed E-state index contributed by atoms with van der Waals surface area (Å²) in [5.41, 5.74) is 7.06. The number of aryl methyl sites for hydroxylation is 1. The van der Waals surface area contributed by atoms with E-state index in [2.05, 4.69) is 4.72 Å². The van der Waals surface area contributed by atoms with Gasteiger partial charge in [-0.2, -0.15) is 0 Å². The fraction of sp³-hybridized carbons (Fsp3) is 0.500. The summed E-state index contributed by atoms with van der Waals surface area (Å²) in [6.07, 6.45) is 4.61. The molecule has 0 saturated heterocycles. The molecular formula is C14H20N2O2S2. The number of rotatable bonds is 7. The van der Waals surface area contributed by atoms with Gasteiger partial charge in [-0.05, 0) is 43.4 Å². The summed E-state index contributed by atoms with van der Waals surface area (Å²) in [4.78, 5) is 0.547. The molecule has 1 fully saturated rings. The molecule has 1 aliphatic carbocycles. The summed E-state index contributed by atoms with van der Waals surface area (Å²) in [7, 11) is -3.44. The maximum absolute atomic E-state index is 12.2. The van der Waals surface area contributed by atoms with Crippen LogP contribution in [0.15, 0.2) is 23.1 Å². The molecule has 6 heteroatoms. The lowest BCUT2D eigenvalue weighted by Gasteiger charge is -2.09. The molecule has 1 saturated carbocycles. The Kier molecular flexibility index (Phi) is 4.78. The van der Waals surface area contributed by atoms with Crippen molar-refractivity contribution in [3.8, 4) is 0 Å². The minimum Gasteiger partial charge on any atom is -0.389 e. The second-order valence-corrected chi connectivity index (χ2v) is 7.53. The lowest BCUT2D eigenvalue weighted by atomic mass is 10.1. The van der Waals surface area contributed by atoms with Crippen molar-refractivity contribution < 1.29 is 8.42 Å². The van der Waals surface area contributed by atoms with Crippen LogP contribution in [0.4, 0.5) is 0 Å². The van der Waals surface area contributed by atoms with Gasteiger partial charge >= 0.3 is 0 Å². The Morgan fingerprint density at radius 1 is 1.45 bits per heavy atom. The zero-order valence-electron chi connectivity index (χ0n) is 11.6. The third-order valence-electron chi connectivity index (χ3n) is 3.55. The molecule has 0 aromatic heterocycles. The van der Waals surface area contributed by atoms with E-state index in [0.717, 1.165) is 24.3 Å². The number of thiocarbonyl (C=S) groups is 1. The van der Waals surface area contributed by atoms with E-state index in [1.165, 1.54) is 12.8 Å². The highest BCUT2D eigenvalue weighted by Crippen LogP contribution is 2.33. The Hall–Kier alpha value is -0.980. The average molecular weight is 312 g/mol. The van der Waals surface area contributed by atoms with Crippen molar-refractivity contribution in [1.29, 1.82) is 0 Å². The minimum atomic E-state index is -3.44. The van der Waals surface area contributed by atoms with E-state index in [1.807, 2.05) is 0 Å². The largest absolute Gasteiger partial charge is 0.389 e. The van der Waals surface area contributed by atoms with Crippen molar-refractivity contribution in [2.75, 3.05) is 6.54 Å². The summed E-state index contributed by atoms with van der Waals surface area (Å²) in [6.45, 7) is 2.30. The van der Waals surface area contributed by atoms with Crippen LogP contribution in [-0.4, -0.2) is 20.0 Å². The molecule has 3 N–H and O–H groups in total.